The predicted molar refractivity (Wildman–Crippen MR) is 91.7 cm³/mol. The van der Waals surface area contributed by atoms with E-state index in [0.29, 0.717) is 38.4 Å². The van der Waals surface area contributed by atoms with Gasteiger partial charge in [-0.15, -0.1) is 0 Å². The predicted octanol–water partition coefficient (Wildman–Crippen LogP) is 0.267. The number of rotatable bonds is 7. The third kappa shape index (κ3) is 5.04. The molecule has 2 saturated heterocycles. The van der Waals surface area contributed by atoms with E-state index in [0.717, 1.165) is 31.7 Å². The molecule has 0 aromatic carbocycles. The fourth-order valence-corrected chi connectivity index (χ4v) is 4.49. The number of sulfonamides is 1. The van der Waals surface area contributed by atoms with E-state index in [1.807, 2.05) is 0 Å². The van der Waals surface area contributed by atoms with Gasteiger partial charge < -0.3 is 14.5 Å². The van der Waals surface area contributed by atoms with E-state index in [-0.39, 0.29) is 18.2 Å². The number of nitrogens with one attached hydrogen (secondary N) is 1. The number of morpholine rings is 1. The van der Waals surface area contributed by atoms with Crippen molar-refractivity contribution in [1.82, 2.24) is 14.5 Å². The molecule has 0 unspecified atom stereocenters. The van der Waals surface area contributed by atoms with Crippen molar-refractivity contribution in [1.29, 1.82) is 0 Å². The minimum Gasteiger partial charge on any atom is -0.467 e. The van der Waals surface area contributed by atoms with Gasteiger partial charge in [-0.1, -0.05) is 0 Å². The zero-order valence-electron chi connectivity index (χ0n) is 14.3. The molecule has 2 fully saturated rings. The van der Waals surface area contributed by atoms with Crippen LogP contribution in [-0.2, 0) is 21.3 Å². The molecule has 1 aromatic heterocycles. The Morgan fingerprint density at radius 3 is 2.60 bits per heavy atom. The third-order valence-corrected chi connectivity index (χ3v) is 6.38. The van der Waals surface area contributed by atoms with E-state index < -0.39 is 10.0 Å². The zero-order chi connectivity index (χ0) is 17.7. The van der Waals surface area contributed by atoms with E-state index in [9.17, 15) is 13.2 Å². The van der Waals surface area contributed by atoms with Crippen molar-refractivity contribution in [2.24, 2.45) is 0 Å². The maximum atomic E-state index is 12.1. The first-order chi connectivity index (χ1) is 12.0. The summed E-state index contributed by atoms with van der Waals surface area (Å²) < 4.78 is 36.5. The van der Waals surface area contributed by atoms with Crippen LogP contribution in [0.3, 0.4) is 0 Å². The second kappa shape index (κ2) is 8.31. The fraction of sp³-hybridized carbons (Fsp3) is 0.688. The average molecular weight is 371 g/mol. The highest BCUT2D eigenvalue weighted by Gasteiger charge is 2.25. The Kier molecular flexibility index (Phi) is 6.10. The monoisotopic (exact) mass is 371 g/mol. The van der Waals surface area contributed by atoms with Gasteiger partial charge in [0.2, 0.25) is 10.0 Å². The fourth-order valence-electron chi connectivity index (χ4n) is 3.05. The van der Waals surface area contributed by atoms with Gasteiger partial charge in [-0.2, -0.15) is 0 Å². The molecule has 1 aromatic rings. The molecule has 1 amide bonds. The van der Waals surface area contributed by atoms with Gasteiger partial charge in [-0.05, 0) is 18.9 Å². The van der Waals surface area contributed by atoms with Gasteiger partial charge in [0.05, 0.1) is 31.1 Å². The van der Waals surface area contributed by atoms with E-state index in [2.05, 4.69) is 10.2 Å². The summed E-state index contributed by atoms with van der Waals surface area (Å²) in [6.45, 7) is 5.01. The molecule has 0 atom stereocenters. The highest BCUT2D eigenvalue weighted by molar-refractivity contribution is 7.89. The lowest BCUT2D eigenvalue weighted by atomic mass is 10.2. The van der Waals surface area contributed by atoms with Crippen molar-refractivity contribution in [2.45, 2.75) is 19.4 Å². The van der Waals surface area contributed by atoms with E-state index >= 15 is 0 Å². The van der Waals surface area contributed by atoms with Crippen LogP contribution in [0.1, 0.15) is 29.0 Å². The summed E-state index contributed by atoms with van der Waals surface area (Å²) in [7, 11) is -3.28. The van der Waals surface area contributed by atoms with Gasteiger partial charge in [0.1, 0.15) is 12.0 Å². The minimum absolute atomic E-state index is 0.0722. The Morgan fingerprint density at radius 2 is 1.88 bits per heavy atom. The molecule has 140 valence electrons. The van der Waals surface area contributed by atoms with Gasteiger partial charge in [-0.3, -0.25) is 9.69 Å². The van der Waals surface area contributed by atoms with Crippen molar-refractivity contribution in [3.8, 4) is 0 Å². The molecule has 0 spiro atoms. The summed E-state index contributed by atoms with van der Waals surface area (Å²) in [6.07, 6.45) is 3.24. The largest absolute Gasteiger partial charge is 0.467 e. The second-order valence-corrected chi connectivity index (χ2v) is 8.46. The molecule has 0 aliphatic carbocycles. The van der Waals surface area contributed by atoms with E-state index in [1.54, 1.807) is 6.07 Å². The lowest BCUT2D eigenvalue weighted by Crippen LogP contribution is -2.36. The molecule has 3 rings (SSSR count). The van der Waals surface area contributed by atoms with Gasteiger partial charge in [-0.25, -0.2) is 12.7 Å². The zero-order valence-corrected chi connectivity index (χ0v) is 15.1. The van der Waals surface area contributed by atoms with Crippen LogP contribution in [0.4, 0.5) is 0 Å². The molecular formula is C16H25N3O5S. The number of carbonyl (C=O) groups excluding carboxylic acids is 1. The smallest absolute Gasteiger partial charge is 0.254 e. The highest BCUT2D eigenvalue weighted by Crippen LogP contribution is 2.13. The molecule has 2 aliphatic rings. The molecule has 3 heterocycles. The quantitative estimate of drug-likeness (QED) is 0.740. The summed E-state index contributed by atoms with van der Waals surface area (Å²) in [5.74, 6) is 0.336. The summed E-state index contributed by atoms with van der Waals surface area (Å²) >= 11 is 0. The first-order valence-corrected chi connectivity index (χ1v) is 10.3. The Morgan fingerprint density at radius 1 is 1.16 bits per heavy atom. The molecule has 2 aliphatic heterocycles. The number of amides is 1. The Balaban J connectivity index is 1.45. The van der Waals surface area contributed by atoms with Crippen LogP contribution in [-0.4, -0.2) is 75.2 Å². The van der Waals surface area contributed by atoms with Crippen LogP contribution >= 0.6 is 0 Å². The molecule has 0 bridgehead atoms. The lowest BCUT2D eigenvalue weighted by molar-refractivity contribution is 0.0313. The first kappa shape index (κ1) is 18.4. The number of furan rings is 1. The molecule has 25 heavy (non-hydrogen) atoms. The number of carbonyl (C=O) groups is 1. The van der Waals surface area contributed by atoms with Crippen LogP contribution in [0.25, 0.3) is 0 Å². The van der Waals surface area contributed by atoms with Gasteiger partial charge in [0, 0.05) is 32.7 Å². The maximum Gasteiger partial charge on any atom is 0.254 e. The topological polar surface area (TPSA) is 92.1 Å². The van der Waals surface area contributed by atoms with Gasteiger partial charge >= 0.3 is 0 Å². The van der Waals surface area contributed by atoms with Crippen molar-refractivity contribution in [3.05, 3.63) is 23.7 Å². The minimum atomic E-state index is -3.28. The molecule has 1 N–H and O–H groups in total. The molecule has 9 heteroatoms. The number of nitrogens with zero attached hydrogens (tertiary/aromatic N) is 2. The Labute approximate surface area is 148 Å². The van der Waals surface area contributed by atoms with Crippen LogP contribution in [0, 0.1) is 0 Å². The summed E-state index contributed by atoms with van der Waals surface area (Å²) in [5.41, 5.74) is 0.418. The number of hydrogen-bond donors (Lipinski definition) is 1. The van der Waals surface area contributed by atoms with E-state index in [1.165, 1.54) is 10.6 Å². The normalized spacial score (nSPS) is 20.0. The van der Waals surface area contributed by atoms with Crippen molar-refractivity contribution >= 4 is 15.9 Å². The standard InChI is InChI=1S/C16H25N3O5S/c20-16(17-3-10-25(21,22)19-4-1-2-5-19)14-11-15(24-13-14)12-18-6-8-23-9-7-18/h11,13H,1-10,12H2,(H,17,20). The SMILES string of the molecule is O=C(NCCS(=O)(=O)N1CCCC1)c1coc(CN2CCOCC2)c1. The summed E-state index contributed by atoms with van der Waals surface area (Å²) in [6, 6.07) is 1.71. The van der Waals surface area contributed by atoms with Crippen LogP contribution in [0.15, 0.2) is 16.7 Å². The molecular weight excluding hydrogens is 346 g/mol. The van der Waals surface area contributed by atoms with E-state index in [4.69, 9.17) is 9.15 Å². The highest BCUT2D eigenvalue weighted by atomic mass is 32.2. The van der Waals surface area contributed by atoms with Gasteiger partial charge in [0.25, 0.3) is 5.91 Å². The third-order valence-electron chi connectivity index (χ3n) is 4.50. The lowest BCUT2D eigenvalue weighted by Gasteiger charge is -2.25. The van der Waals surface area contributed by atoms with Crippen LogP contribution in [0.5, 0.6) is 0 Å². The maximum absolute atomic E-state index is 12.1. The first-order valence-electron chi connectivity index (χ1n) is 8.68. The van der Waals surface area contributed by atoms with Crippen LogP contribution < -0.4 is 5.32 Å². The second-order valence-electron chi connectivity index (χ2n) is 6.37. The molecule has 0 saturated carbocycles. The summed E-state index contributed by atoms with van der Waals surface area (Å²) in [5, 5.41) is 2.66. The van der Waals surface area contributed by atoms with Gasteiger partial charge in [0.15, 0.2) is 0 Å². The Hall–Kier alpha value is -1.42. The average Bonchev–Trinajstić information content (AvgIpc) is 3.28. The Bertz CT molecular complexity index is 676. The number of ether oxygens (including phenoxy) is 1. The summed E-state index contributed by atoms with van der Waals surface area (Å²) in [4.78, 5) is 14.3. The molecule has 8 nitrogen and oxygen atoms in total. The molecule has 0 radical (unpaired) electrons. The van der Waals surface area contributed by atoms with Crippen molar-refractivity contribution < 1.29 is 22.4 Å². The van der Waals surface area contributed by atoms with Crippen molar-refractivity contribution in [3.63, 3.8) is 0 Å². The van der Waals surface area contributed by atoms with Crippen LogP contribution in [0.2, 0.25) is 0 Å². The number of hydrogen-bond acceptors (Lipinski definition) is 6. The van der Waals surface area contributed by atoms with Crippen molar-refractivity contribution in [2.75, 3.05) is 51.7 Å².